The molecule has 1 aromatic rings. The minimum Gasteiger partial charge on any atom is -0.490 e. The molecule has 0 heterocycles. The molecule has 1 saturated carbocycles. The summed E-state index contributed by atoms with van der Waals surface area (Å²) < 4.78 is 19.2. The van der Waals surface area contributed by atoms with Gasteiger partial charge in [0.15, 0.2) is 11.6 Å². The van der Waals surface area contributed by atoms with Crippen molar-refractivity contribution in [1.82, 2.24) is 0 Å². The Labute approximate surface area is 96.6 Å². The molecule has 0 radical (unpaired) electrons. The molecule has 0 atom stereocenters. The largest absolute Gasteiger partial charge is 0.490 e. The Morgan fingerprint density at radius 2 is 2.00 bits per heavy atom. The van der Waals surface area contributed by atoms with E-state index >= 15 is 0 Å². The summed E-state index contributed by atoms with van der Waals surface area (Å²) in [6.07, 6.45) is 2.45. The van der Waals surface area contributed by atoms with Crippen LogP contribution in [0.5, 0.6) is 5.75 Å². The van der Waals surface area contributed by atoms with Crippen LogP contribution in [0.3, 0.4) is 0 Å². The average molecular weight is 222 g/mol. The summed E-state index contributed by atoms with van der Waals surface area (Å²) in [5.41, 5.74) is 0.985. The number of hydrogen-bond donors (Lipinski definition) is 0. The lowest BCUT2D eigenvalue weighted by Crippen LogP contribution is -2.11. The van der Waals surface area contributed by atoms with Gasteiger partial charge in [-0.2, -0.15) is 0 Å². The van der Waals surface area contributed by atoms with Crippen molar-refractivity contribution < 1.29 is 9.13 Å². The van der Waals surface area contributed by atoms with Crippen LogP contribution in [0.2, 0.25) is 0 Å². The fraction of sp³-hybridized carbons (Fsp3) is 0.571. The Morgan fingerprint density at radius 3 is 2.50 bits per heavy atom. The zero-order valence-electron chi connectivity index (χ0n) is 10.2. The SMILES string of the molecule is CC(C)(C)c1ccc(OCC2CC2)c(F)c1. The van der Waals surface area contributed by atoms with Crippen molar-refractivity contribution in [3.05, 3.63) is 29.6 Å². The quantitative estimate of drug-likeness (QED) is 0.753. The molecule has 88 valence electrons. The normalized spacial score (nSPS) is 16.2. The molecule has 0 saturated heterocycles. The van der Waals surface area contributed by atoms with Crippen molar-refractivity contribution in [2.75, 3.05) is 6.61 Å². The van der Waals surface area contributed by atoms with Gasteiger partial charge in [-0.15, -0.1) is 0 Å². The Bertz CT molecular complexity index is 375. The van der Waals surface area contributed by atoms with Gasteiger partial charge in [-0.1, -0.05) is 26.8 Å². The van der Waals surface area contributed by atoms with Crippen LogP contribution < -0.4 is 4.74 Å². The molecule has 1 aliphatic rings. The van der Waals surface area contributed by atoms with Gasteiger partial charge in [-0.25, -0.2) is 4.39 Å². The molecule has 0 N–H and O–H groups in total. The summed E-state index contributed by atoms with van der Waals surface area (Å²) in [7, 11) is 0. The van der Waals surface area contributed by atoms with Gasteiger partial charge >= 0.3 is 0 Å². The van der Waals surface area contributed by atoms with E-state index in [4.69, 9.17) is 4.74 Å². The number of halogens is 1. The third-order valence-electron chi connectivity index (χ3n) is 2.97. The highest BCUT2D eigenvalue weighted by molar-refractivity contribution is 5.32. The van der Waals surface area contributed by atoms with E-state index in [-0.39, 0.29) is 11.2 Å². The lowest BCUT2D eigenvalue weighted by atomic mass is 9.87. The van der Waals surface area contributed by atoms with Crippen LogP contribution in [0.4, 0.5) is 4.39 Å². The van der Waals surface area contributed by atoms with E-state index in [0.29, 0.717) is 18.3 Å². The van der Waals surface area contributed by atoms with Crippen LogP contribution in [-0.4, -0.2) is 6.61 Å². The van der Waals surface area contributed by atoms with Gasteiger partial charge in [0, 0.05) is 0 Å². The van der Waals surface area contributed by atoms with E-state index in [1.54, 1.807) is 12.1 Å². The summed E-state index contributed by atoms with van der Waals surface area (Å²) in [5, 5.41) is 0. The van der Waals surface area contributed by atoms with E-state index in [2.05, 4.69) is 20.8 Å². The summed E-state index contributed by atoms with van der Waals surface area (Å²) >= 11 is 0. The molecule has 0 spiro atoms. The van der Waals surface area contributed by atoms with Gasteiger partial charge in [0.1, 0.15) is 0 Å². The summed E-state index contributed by atoms with van der Waals surface area (Å²) in [6.45, 7) is 6.89. The molecule has 1 aliphatic carbocycles. The summed E-state index contributed by atoms with van der Waals surface area (Å²) in [6, 6.07) is 5.28. The molecule has 0 aliphatic heterocycles. The van der Waals surface area contributed by atoms with Crippen LogP contribution in [0, 0.1) is 11.7 Å². The molecule has 0 aromatic heterocycles. The van der Waals surface area contributed by atoms with Crippen molar-refractivity contribution >= 4 is 0 Å². The summed E-state index contributed by atoms with van der Waals surface area (Å²) in [5.74, 6) is 0.801. The first-order valence-electron chi connectivity index (χ1n) is 5.89. The second kappa shape index (κ2) is 4.08. The molecular formula is C14H19FO. The molecule has 0 unspecified atom stereocenters. The smallest absolute Gasteiger partial charge is 0.165 e. The highest BCUT2D eigenvalue weighted by Gasteiger charge is 2.23. The number of rotatable bonds is 3. The second-order valence-corrected chi connectivity index (χ2v) is 5.65. The molecule has 0 amide bonds. The van der Waals surface area contributed by atoms with Gasteiger partial charge in [0.25, 0.3) is 0 Å². The third kappa shape index (κ3) is 2.75. The van der Waals surface area contributed by atoms with Crippen LogP contribution in [0.15, 0.2) is 18.2 Å². The van der Waals surface area contributed by atoms with Crippen molar-refractivity contribution in [3.63, 3.8) is 0 Å². The first-order chi connectivity index (χ1) is 7.47. The predicted octanol–water partition coefficient (Wildman–Crippen LogP) is 3.91. The maximum atomic E-state index is 13.7. The third-order valence-corrected chi connectivity index (χ3v) is 2.97. The maximum absolute atomic E-state index is 13.7. The van der Waals surface area contributed by atoms with Crippen molar-refractivity contribution in [2.45, 2.75) is 39.0 Å². The zero-order chi connectivity index (χ0) is 11.8. The first-order valence-corrected chi connectivity index (χ1v) is 5.89. The van der Waals surface area contributed by atoms with Crippen LogP contribution in [-0.2, 0) is 5.41 Å². The Hall–Kier alpha value is -1.05. The molecular weight excluding hydrogens is 203 g/mol. The van der Waals surface area contributed by atoms with E-state index < -0.39 is 0 Å². The lowest BCUT2D eigenvalue weighted by Gasteiger charge is -2.19. The van der Waals surface area contributed by atoms with E-state index in [0.717, 1.165) is 5.56 Å². The molecule has 2 rings (SSSR count). The maximum Gasteiger partial charge on any atom is 0.165 e. The summed E-state index contributed by atoms with van der Waals surface area (Å²) in [4.78, 5) is 0. The molecule has 1 nitrogen and oxygen atoms in total. The first kappa shape index (κ1) is 11.4. The number of hydrogen-bond acceptors (Lipinski definition) is 1. The van der Waals surface area contributed by atoms with Crippen LogP contribution in [0.25, 0.3) is 0 Å². The van der Waals surface area contributed by atoms with Crippen molar-refractivity contribution in [2.24, 2.45) is 5.92 Å². The fourth-order valence-electron chi connectivity index (χ4n) is 1.58. The zero-order valence-corrected chi connectivity index (χ0v) is 10.2. The highest BCUT2D eigenvalue weighted by atomic mass is 19.1. The van der Waals surface area contributed by atoms with Crippen LogP contribution >= 0.6 is 0 Å². The molecule has 1 aromatic carbocycles. The van der Waals surface area contributed by atoms with Gasteiger partial charge in [0.2, 0.25) is 0 Å². The van der Waals surface area contributed by atoms with E-state index in [1.165, 1.54) is 12.8 Å². The van der Waals surface area contributed by atoms with Gasteiger partial charge in [-0.3, -0.25) is 0 Å². The van der Waals surface area contributed by atoms with Gasteiger partial charge in [0.05, 0.1) is 6.61 Å². The predicted molar refractivity (Wildman–Crippen MR) is 63.3 cm³/mol. The Morgan fingerprint density at radius 1 is 1.31 bits per heavy atom. The number of ether oxygens (including phenoxy) is 1. The van der Waals surface area contributed by atoms with Gasteiger partial charge in [-0.05, 0) is 41.9 Å². The van der Waals surface area contributed by atoms with E-state index in [9.17, 15) is 4.39 Å². The van der Waals surface area contributed by atoms with Gasteiger partial charge < -0.3 is 4.74 Å². The van der Waals surface area contributed by atoms with Crippen molar-refractivity contribution in [3.8, 4) is 5.75 Å². The Kier molecular flexibility index (Phi) is 2.92. The topological polar surface area (TPSA) is 9.23 Å². The molecule has 0 bridgehead atoms. The average Bonchev–Trinajstić information content (AvgIpc) is 2.98. The fourth-order valence-corrected chi connectivity index (χ4v) is 1.58. The second-order valence-electron chi connectivity index (χ2n) is 5.65. The molecule has 16 heavy (non-hydrogen) atoms. The lowest BCUT2D eigenvalue weighted by molar-refractivity contribution is 0.285. The minimum absolute atomic E-state index is 0.0180. The van der Waals surface area contributed by atoms with Crippen molar-refractivity contribution in [1.29, 1.82) is 0 Å². The van der Waals surface area contributed by atoms with E-state index in [1.807, 2.05) is 6.07 Å². The molecule has 1 fully saturated rings. The highest BCUT2D eigenvalue weighted by Crippen LogP contribution is 2.31. The molecule has 2 heteroatoms. The monoisotopic (exact) mass is 222 g/mol. The minimum atomic E-state index is -0.243. The number of benzene rings is 1. The standard InChI is InChI=1S/C14H19FO/c1-14(2,3)11-6-7-13(12(15)8-11)16-9-10-4-5-10/h6-8,10H,4-5,9H2,1-3H3. The van der Waals surface area contributed by atoms with Crippen LogP contribution in [0.1, 0.15) is 39.2 Å². The Balaban J connectivity index is 2.09.